The Morgan fingerprint density at radius 3 is 2.87 bits per heavy atom. The molecular weight excluding hydrogens is 211 g/mol. The van der Waals surface area contributed by atoms with Crippen molar-refractivity contribution >= 4 is 12.2 Å². The molecule has 0 aliphatic rings. The van der Waals surface area contributed by atoms with Crippen LogP contribution in [0.5, 0.6) is 0 Å². The Morgan fingerprint density at radius 1 is 1.40 bits per heavy atom. The van der Waals surface area contributed by atoms with Gasteiger partial charge in [0.25, 0.3) is 0 Å². The molecule has 0 bridgehead atoms. The average Bonchev–Trinajstić information content (AvgIpc) is 2.23. The molecule has 1 aromatic heterocycles. The van der Waals surface area contributed by atoms with Crippen molar-refractivity contribution in [2.45, 2.75) is 6.92 Å². The second kappa shape index (κ2) is 3.90. The standard InChI is InChI=1S/C11H9FN2S/c1-7-6-8(2-3-9(7)12)10-11(15)14-5-4-13-10/h2-6H,1H3,(H,14,15). The van der Waals surface area contributed by atoms with Gasteiger partial charge in [-0.05, 0) is 30.7 Å². The highest BCUT2D eigenvalue weighted by Crippen LogP contribution is 2.19. The van der Waals surface area contributed by atoms with Gasteiger partial charge in [0, 0.05) is 18.0 Å². The van der Waals surface area contributed by atoms with E-state index in [2.05, 4.69) is 9.97 Å². The first-order valence-electron chi connectivity index (χ1n) is 4.48. The molecule has 2 aromatic rings. The lowest BCUT2D eigenvalue weighted by Crippen LogP contribution is -1.89. The van der Waals surface area contributed by atoms with Gasteiger partial charge in [-0.1, -0.05) is 12.2 Å². The minimum atomic E-state index is -0.218. The van der Waals surface area contributed by atoms with Crippen LogP contribution in [0, 0.1) is 17.4 Å². The zero-order chi connectivity index (χ0) is 10.8. The Morgan fingerprint density at radius 2 is 2.20 bits per heavy atom. The van der Waals surface area contributed by atoms with E-state index in [1.54, 1.807) is 31.5 Å². The highest BCUT2D eigenvalue weighted by Gasteiger charge is 2.03. The fraction of sp³-hybridized carbons (Fsp3) is 0.0909. The first-order valence-corrected chi connectivity index (χ1v) is 4.89. The second-order valence-electron chi connectivity index (χ2n) is 3.23. The minimum Gasteiger partial charge on any atom is -0.350 e. The van der Waals surface area contributed by atoms with Crippen molar-refractivity contribution in [2.24, 2.45) is 0 Å². The van der Waals surface area contributed by atoms with Gasteiger partial charge in [-0.3, -0.25) is 4.98 Å². The summed E-state index contributed by atoms with van der Waals surface area (Å²) in [6.07, 6.45) is 3.30. The van der Waals surface area contributed by atoms with Crippen molar-refractivity contribution in [1.29, 1.82) is 0 Å². The number of rotatable bonds is 1. The zero-order valence-corrected chi connectivity index (χ0v) is 8.94. The second-order valence-corrected chi connectivity index (χ2v) is 3.64. The summed E-state index contributed by atoms with van der Waals surface area (Å²) in [7, 11) is 0. The maximum absolute atomic E-state index is 13.1. The number of aryl methyl sites for hydroxylation is 1. The first-order chi connectivity index (χ1) is 7.18. The Hall–Kier alpha value is -1.55. The molecule has 0 unspecified atom stereocenters. The number of hydrogen-bond acceptors (Lipinski definition) is 2. The van der Waals surface area contributed by atoms with E-state index in [0.717, 1.165) is 5.56 Å². The lowest BCUT2D eigenvalue weighted by Gasteiger charge is -2.02. The van der Waals surface area contributed by atoms with E-state index < -0.39 is 0 Å². The maximum atomic E-state index is 13.1. The topological polar surface area (TPSA) is 28.7 Å². The summed E-state index contributed by atoms with van der Waals surface area (Å²) in [6.45, 7) is 1.72. The number of nitrogens with one attached hydrogen (secondary N) is 1. The predicted molar refractivity (Wildman–Crippen MR) is 59.6 cm³/mol. The van der Waals surface area contributed by atoms with Crippen LogP contribution >= 0.6 is 12.2 Å². The van der Waals surface area contributed by atoms with Gasteiger partial charge in [0.15, 0.2) is 0 Å². The SMILES string of the molecule is Cc1cc(-c2ncc[nH]c2=S)ccc1F. The van der Waals surface area contributed by atoms with Crippen molar-refractivity contribution in [3.05, 3.63) is 46.6 Å². The predicted octanol–water partition coefficient (Wildman–Crippen LogP) is 3.25. The Kier molecular flexibility index (Phi) is 2.60. The number of aromatic amines is 1. The summed E-state index contributed by atoms with van der Waals surface area (Å²) < 4.78 is 13.6. The van der Waals surface area contributed by atoms with Gasteiger partial charge < -0.3 is 4.98 Å². The first kappa shape index (κ1) is 9.98. The fourth-order valence-electron chi connectivity index (χ4n) is 1.35. The van der Waals surface area contributed by atoms with Crippen molar-refractivity contribution < 1.29 is 4.39 Å². The minimum absolute atomic E-state index is 0.218. The van der Waals surface area contributed by atoms with Crippen molar-refractivity contribution in [2.75, 3.05) is 0 Å². The average molecular weight is 220 g/mol. The molecule has 15 heavy (non-hydrogen) atoms. The van der Waals surface area contributed by atoms with Crippen molar-refractivity contribution in [3.63, 3.8) is 0 Å². The van der Waals surface area contributed by atoms with Crippen LogP contribution in [0.1, 0.15) is 5.56 Å². The van der Waals surface area contributed by atoms with E-state index >= 15 is 0 Å². The molecule has 0 atom stereocenters. The Balaban J connectivity index is 2.60. The summed E-state index contributed by atoms with van der Waals surface area (Å²) in [5, 5.41) is 0. The zero-order valence-electron chi connectivity index (χ0n) is 8.12. The van der Waals surface area contributed by atoms with Crippen LogP contribution in [-0.4, -0.2) is 9.97 Å². The molecule has 1 heterocycles. The summed E-state index contributed by atoms with van der Waals surface area (Å²) in [5.41, 5.74) is 2.10. The van der Waals surface area contributed by atoms with E-state index in [1.807, 2.05) is 0 Å². The van der Waals surface area contributed by atoms with E-state index in [-0.39, 0.29) is 5.82 Å². The Labute approximate surface area is 91.8 Å². The van der Waals surface area contributed by atoms with Gasteiger partial charge in [-0.2, -0.15) is 0 Å². The summed E-state index contributed by atoms with van der Waals surface area (Å²) in [6, 6.07) is 4.84. The molecule has 0 spiro atoms. The third-order valence-corrected chi connectivity index (χ3v) is 2.45. The van der Waals surface area contributed by atoms with Gasteiger partial charge in [0.1, 0.15) is 16.2 Å². The fourth-order valence-corrected chi connectivity index (χ4v) is 1.59. The van der Waals surface area contributed by atoms with Crippen LogP contribution in [0.2, 0.25) is 0 Å². The van der Waals surface area contributed by atoms with E-state index in [4.69, 9.17) is 12.2 Å². The van der Waals surface area contributed by atoms with Gasteiger partial charge in [0.05, 0.1) is 0 Å². The van der Waals surface area contributed by atoms with Crippen LogP contribution in [0.4, 0.5) is 4.39 Å². The van der Waals surface area contributed by atoms with E-state index in [1.165, 1.54) is 6.07 Å². The number of nitrogens with zero attached hydrogens (tertiary/aromatic N) is 1. The molecule has 76 valence electrons. The smallest absolute Gasteiger partial charge is 0.129 e. The van der Waals surface area contributed by atoms with Gasteiger partial charge in [-0.25, -0.2) is 4.39 Å². The number of benzene rings is 1. The summed E-state index contributed by atoms with van der Waals surface area (Å²) >= 11 is 5.10. The van der Waals surface area contributed by atoms with Gasteiger partial charge >= 0.3 is 0 Å². The summed E-state index contributed by atoms with van der Waals surface area (Å²) in [5.74, 6) is -0.218. The lowest BCUT2D eigenvalue weighted by molar-refractivity contribution is 0.618. The van der Waals surface area contributed by atoms with Crippen LogP contribution in [0.3, 0.4) is 0 Å². The molecule has 2 nitrogen and oxygen atoms in total. The normalized spacial score (nSPS) is 10.3. The molecule has 0 aliphatic carbocycles. The molecular formula is C11H9FN2S. The van der Waals surface area contributed by atoms with Crippen LogP contribution in [-0.2, 0) is 0 Å². The highest BCUT2D eigenvalue weighted by atomic mass is 32.1. The molecule has 1 N–H and O–H groups in total. The molecule has 0 aliphatic heterocycles. The van der Waals surface area contributed by atoms with Crippen molar-refractivity contribution in [1.82, 2.24) is 9.97 Å². The number of halogens is 1. The molecule has 0 fully saturated rings. The maximum Gasteiger partial charge on any atom is 0.129 e. The number of hydrogen-bond donors (Lipinski definition) is 1. The number of aromatic nitrogens is 2. The molecule has 0 saturated heterocycles. The third-order valence-electron chi connectivity index (χ3n) is 2.14. The number of H-pyrrole nitrogens is 1. The van der Waals surface area contributed by atoms with Crippen LogP contribution in [0.15, 0.2) is 30.6 Å². The molecule has 2 rings (SSSR count). The van der Waals surface area contributed by atoms with Crippen LogP contribution in [0.25, 0.3) is 11.3 Å². The van der Waals surface area contributed by atoms with Crippen LogP contribution < -0.4 is 0 Å². The Bertz CT molecular complexity index is 548. The molecule has 4 heteroatoms. The largest absolute Gasteiger partial charge is 0.350 e. The van der Waals surface area contributed by atoms with Gasteiger partial charge in [0.2, 0.25) is 0 Å². The van der Waals surface area contributed by atoms with E-state index in [0.29, 0.717) is 15.9 Å². The van der Waals surface area contributed by atoms with Gasteiger partial charge in [-0.15, -0.1) is 0 Å². The van der Waals surface area contributed by atoms with E-state index in [9.17, 15) is 4.39 Å². The molecule has 1 aromatic carbocycles. The highest BCUT2D eigenvalue weighted by molar-refractivity contribution is 7.71. The molecule has 0 amide bonds. The summed E-state index contributed by atoms with van der Waals surface area (Å²) in [4.78, 5) is 7.05. The van der Waals surface area contributed by atoms with Crippen molar-refractivity contribution in [3.8, 4) is 11.3 Å². The monoisotopic (exact) mass is 220 g/mol. The quantitative estimate of drug-likeness (QED) is 0.747. The molecule has 0 radical (unpaired) electrons. The molecule has 0 saturated carbocycles. The lowest BCUT2D eigenvalue weighted by atomic mass is 10.1. The third kappa shape index (κ3) is 1.94.